The van der Waals surface area contributed by atoms with E-state index in [1.165, 1.54) is 5.56 Å². The topological polar surface area (TPSA) is 198 Å². The number of fused-ring (bicyclic) bond motifs is 2. The summed E-state index contributed by atoms with van der Waals surface area (Å²) in [6.45, 7) is 21.8. The summed E-state index contributed by atoms with van der Waals surface area (Å²) in [5.74, 6) is 3.06. The highest BCUT2D eigenvalue weighted by atomic mass is 16.5. The molecule has 19 nitrogen and oxygen atoms in total. The highest BCUT2D eigenvalue weighted by Crippen LogP contribution is 2.44. The highest BCUT2D eigenvalue weighted by molar-refractivity contribution is 6.03. The van der Waals surface area contributed by atoms with Gasteiger partial charge < -0.3 is 78.4 Å². The van der Waals surface area contributed by atoms with Crippen molar-refractivity contribution in [3.63, 3.8) is 0 Å². The standard InChI is InChI=1S/C33H51N3O7.C33H53N3O6/c1-32(2,30(37)35-21-24-9-15-40-16-10-24)20-26-6-7-27(22-34-26)42-23-25-5-8-29-28(19-25)36(13-4-14-39-3)31(38)33(43-29)11-17-41-18-12-33;1-32(2,31(37)35-21-25-9-15-39-16-10-25)20-27-6-7-28(22-34-27)41-23-26-5-8-30-29(19-26)36(13-4-14-38-3)24-33(42-30)11-17-40-18-12-33/h5,8,19,24,26-27,34H,4,6-7,9-18,20-23H2,1-3H3,(H,35,37);5,8,19,25,27-28,34H,4,6-7,9-18,20-24H2,1-3H3,(H,35,37)/t26-,27+;27-,28+/m00/s1. The number of hydrogen-bond acceptors (Lipinski definition) is 16. The van der Waals surface area contributed by atoms with Gasteiger partial charge in [-0.3, -0.25) is 14.4 Å². The van der Waals surface area contributed by atoms with Crippen molar-refractivity contribution in [1.29, 1.82) is 0 Å². The van der Waals surface area contributed by atoms with E-state index in [9.17, 15) is 14.4 Å². The van der Waals surface area contributed by atoms with Crippen LogP contribution in [0.25, 0.3) is 0 Å². The number of carbonyl (C=O) groups is 3. The Bertz CT molecular complexity index is 2400. The van der Waals surface area contributed by atoms with Crippen LogP contribution in [0.5, 0.6) is 11.5 Å². The van der Waals surface area contributed by atoms with E-state index in [2.05, 4.69) is 58.2 Å². The summed E-state index contributed by atoms with van der Waals surface area (Å²) in [5, 5.41) is 13.7. The summed E-state index contributed by atoms with van der Waals surface area (Å²) >= 11 is 0. The quantitative estimate of drug-likeness (QED) is 0.0747. The molecule has 3 amide bonds. The van der Waals surface area contributed by atoms with E-state index in [4.69, 9.17) is 47.4 Å². The fourth-order valence-electron chi connectivity index (χ4n) is 13.6. The van der Waals surface area contributed by atoms with E-state index < -0.39 is 16.4 Å². The Labute approximate surface area is 506 Å². The van der Waals surface area contributed by atoms with Crippen molar-refractivity contribution in [2.24, 2.45) is 22.7 Å². The van der Waals surface area contributed by atoms with Gasteiger partial charge in [0.1, 0.15) is 17.1 Å². The summed E-state index contributed by atoms with van der Waals surface area (Å²) in [6, 6.07) is 13.2. The molecule has 10 rings (SSSR count). The molecular weight excluding hydrogens is 1080 g/mol. The van der Waals surface area contributed by atoms with Crippen LogP contribution < -0.4 is 40.5 Å². The molecule has 2 spiro atoms. The van der Waals surface area contributed by atoms with Crippen LogP contribution in [0.2, 0.25) is 0 Å². The Hall–Kier alpha value is -4.15. The number of nitrogens with zero attached hydrogens (tertiary/aromatic N) is 2. The predicted octanol–water partition coefficient (Wildman–Crippen LogP) is 7.66. The third-order valence-corrected chi connectivity index (χ3v) is 19.1. The second-order valence-electron chi connectivity index (χ2n) is 26.7. The second kappa shape index (κ2) is 31.3. The molecule has 0 aromatic heterocycles. The van der Waals surface area contributed by atoms with Crippen molar-refractivity contribution in [2.75, 3.05) is 136 Å². The van der Waals surface area contributed by atoms with E-state index in [0.717, 1.165) is 204 Å². The minimum atomic E-state index is -0.847. The van der Waals surface area contributed by atoms with Gasteiger partial charge in [0.05, 0.1) is 69.8 Å². The number of nitrogens with one attached hydrogen (secondary N) is 4. The lowest BCUT2D eigenvalue weighted by Gasteiger charge is -2.46. The fourth-order valence-corrected chi connectivity index (χ4v) is 13.6. The summed E-state index contributed by atoms with van der Waals surface area (Å²) in [7, 11) is 3.44. The molecule has 6 fully saturated rings. The number of amides is 3. The van der Waals surface area contributed by atoms with Gasteiger partial charge in [0.15, 0.2) is 5.60 Å². The third kappa shape index (κ3) is 18.2. The fraction of sp³-hybridized carbons (Fsp3) is 0.773. The van der Waals surface area contributed by atoms with Crippen LogP contribution in [0.1, 0.15) is 142 Å². The molecule has 8 aliphatic heterocycles. The van der Waals surface area contributed by atoms with Crippen LogP contribution in [0.4, 0.5) is 11.4 Å². The van der Waals surface area contributed by atoms with Gasteiger partial charge in [0.2, 0.25) is 11.8 Å². The maximum atomic E-state index is 13.7. The minimum Gasteiger partial charge on any atom is -0.483 e. The predicted molar refractivity (Wildman–Crippen MR) is 326 cm³/mol. The zero-order valence-corrected chi connectivity index (χ0v) is 52.4. The smallest absolute Gasteiger partial charge is 0.271 e. The molecule has 2 aromatic rings. The number of rotatable bonds is 24. The Kier molecular flexibility index (Phi) is 24.1. The van der Waals surface area contributed by atoms with E-state index in [1.54, 1.807) is 14.2 Å². The van der Waals surface area contributed by atoms with Crippen LogP contribution in [-0.4, -0.2) is 179 Å². The molecule has 0 radical (unpaired) electrons. The SMILES string of the molecule is COCCCN1C(=O)C2(CCOCC2)Oc2ccc(CO[C@@H]3CC[C@@H](CC(C)(C)C(=O)NCC4CCOCC4)NC3)cc21.COCCCN1CC2(CCOCC2)Oc2ccc(CO[C@@H]3CC[C@@H](CC(C)(C)C(=O)NCC4CCOCC4)NC3)cc21. The van der Waals surface area contributed by atoms with E-state index in [-0.39, 0.29) is 41.6 Å². The molecular formula is C66H104N6O13. The zero-order chi connectivity index (χ0) is 59.7. The highest BCUT2D eigenvalue weighted by Gasteiger charge is 2.49. The second-order valence-corrected chi connectivity index (χ2v) is 26.7. The average Bonchev–Trinajstić information content (AvgIpc) is 1.58. The minimum absolute atomic E-state index is 0.0141. The summed E-state index contributed by atoms with van der Waals surface area (Å²) in [5.41, 5.74) is 2.29. The lowest BCUT2D eigenvalue weighted by Crippen LogP contribution is -2.58. The molecule has 0 bridgehead atoms. The maximum absolute atomic E-state index is 13.7. The number of piperidine rings is 2. The first kappa shape index (κ1) is 65.3. The molecule has 0 unspecified atom stereocenters. The molecule has 85 heavy (non-hydrogen) atoms. The largest absolute Gasteiger partial charge is 0.483 e. The summed E-state index contributed by atoms with van der Waals surface area (Å²) < 4.78 is 58.4. The van der Waals surface area contributed by atoms with Crippen molar-refractivity contribution in [3.8, 4) is 11.5 Å². The monoisotopic (exact) mass is 1190 g/mol. The molecule has 4 atom stereocenters. The Balaban J connectivity index is 0.000000204. The van der Waals surface area contributed by atoms with Gasteiger partial charge in [0.25, 0.3) is 5.91 Å². The number of methoxy groups -OCH3 is 2. The van der Waals surface area contributed by atoms with Crippen molar-refractivity contribution in [1.82, 2.24) is 21.3 Å². The van der Waals surface area contributed by atoms with Crippen LogP contribution in [0.3, 0.4) is 0 Å². The molecule has 2 aromatic carbocycles. The van der Waals surface area contributed by atoms with Crippen LogP contribution in [0.15, 0.2) is 36.4 Å². The first-order valence-electron chi connectivity index (χ1n) is 32.4. The van der Waals surface area contributed by atoms with Gasteiger partial charge in [-0.05, 0) is 124 Å². The van der Waals surface area contributed by atoms with Gasteiger partial charge in [-0.2, -0.15) is 0 Å². The van der Waals surface area contributed by atoms with Crippen LogP contribution in [0, 0.1) is 22.7 Å². The average molecular weight is 1190 g/mol. The van der Waals surface area contributed by atoms with E-state index >= 15 is 0 Å². The summed E-state index contributed by atoms with van der Waals surface area (Å²) in [4.78, 5) is 44.0. The Morgan fingerprint density at radius 1 is 0.600 bits per heavy atom. The number of anilines is 2. The van der Waals surface area contributed by atoms with Gasteiger partial charge >= 0.3 is 0 Å². The number of carbonyl (C=O) groups excluding carboxylic acids is 3. The molecule has 8 heterocycles. The molecule has 19 heteroatoms. The van der Waals surface area contributed by atoms with Gasteiger partial charge in [-0.25, -0.2) is 0 Å². The van der Waals surface area contributed by atoms with Crippen molar-refractivity contribution in [2.45, 2.75) is 179 Å². The van der Waals surface area contributed by atoms with Crippen molar-refractivity contribution in [3.05, 3.63) is 47.5 Å². The molecule has 6 saturated heterocycles. The van der Waals surface area contributed by atoms with Crippen molar-refractivity contribution < 1.29 is 61.8 Å². The molecule has 0 saturated carbocycles. The third-order valence-electron chi connectivity index (χ3n) is 19.1. The maximum Gasteiger partial charge on any atom is 0.271 e. The van der Waals surface area contributed by atoms with E-state index in [1.807, 2.05) is 36.9 Å². The number of ether oxygens (including phenoxy) is 10. The normalized spacial score (nSPS) is 24.6. The first-order valence-corrected chi connectivity index (χ1v) is 32.4. The number of hydrogen-bond donors (Lipinski definition) is 4. The first-order chi connectivity index (χ1) is 41.1. The Morgan fingerprint density at radius 2 is 1.07 bits per heavy atom. The molecule has 476 valence electrons. The lowest BCUT2D eigenvalue weighted by molar-refractivity contribution is -0.144. The number of benzene rings is 2. The zero-order valence-electron chi connectivity index (χ0n) is 52.4. The molecule has 8 aliphatic rings. The van der Waals surface area contributed by atoms with Gasteiger partial charge in [-0.15, -0.1) is 0 Å². The van der Waals surface area contributed by atoms with Crippen LogP contribution in [-0.2, 0) is 65.5 Å². The Morgan fingerprint density at radius 3 is 1.56 bits per heavy atom. The lowest BCUT2D eigenvalue weighted by atomic mass is 9.82. The van der Waals surface area contributed by atoms with Gasteiger partial charge in [-0.1, -0.05) is 39.8 Å². The molecule has 0 aliphatic carbocycles. The van der Waals surface area contributed by atoms with Crippen LogP contribution >= 0.6 is 0 Å². The van der Waals surface area contributed by atoms with E-state index in [0.29, 0.717) is 70.3 Å². The summed E-state index contributed by atoms with van der Waals surface area (Å²) in [6.07, 6.45) is 14.6. The van der Waals surface area contributed by atoms with Gasteiger partial charge in [0, 0.05) is 142 Å². The molecule has 4 N–H and O–H groups in total. The van der Waals surface area contributed by atoms with Crippen molar-refractivity contribution >= 4 is 29.1 Å².